The predicted molar refractivity (Wildman–Crippen MR) is 85.0 cm³/mol. The molecule has 20 heavy (non-hydrogen) atoms. The molecule has 106 valence electrons. The van der Waals surface area contributed by atoms with Crippen molar-refractivity contribution in [2.45, 2.75) is 24.3 Å². The monoisotopic (exact) mass is 309 g/mol. The molecule has 0 amide bonds. The molecule has 1 atom stereocenters. The smallest absolute Gasteiger partial charge is 0.126 e. The van der Waals surface area contributed by atoms with E-state index in [2.05, 4.69) is 25.1 Å². The lowest BCUT2D eigenvalue weighted by molar-refractivity contribution is 0.597. The van der Waals surface area contributed by atoms with Crippen LogP contribution in [-0.4, -0.2) is 11.8 Å². The Kier molecular flexibility index (Phi) is 5.46. The van der Waals surface area contributed by atoms with Crippen LogP contribution in [-0.2, 0) is 6.42 Å². The topological polar surface area (TPSA) is 26.0 Å². The Morgan fingerprint density at radius 1 is 1.25 bits per heavy atom. The summed E-state index contributed by atoms with van der Waals surface area (Å²) >= 11 is 7.57. The van der Waals surface area contributed by atoms with Crippen LogP contribution in [0.25, 0.3) is 0 Å². The quantitative estimate of drug-likeness (QED) is 0.826. The summed E-state index contributed by atoms with van der Waals surface area (Å²) in [6.45, 7) is 2.06. The Balaban J connectivity index is 1.92. The summed E-state index contributed by atoms with van der Waals surface area (Å²) in [7, 11) is 0. The zero-order chi connectivity index (χ0) is 14.5. The maximum Gasteiger partial charge on any atom is 0.126 e. The molecule has 1 nitrogen and oxygen atoms in total. The van der Waals surface area contributed by atoms with Gasteiger partial charge in [-0.2, -0.15) is 0 Å². The van der Waals surface area contributed by atoms with Crippen molar-refractivity contribution in [2.24, 2.45) is 5.73 Å². The number of thioether (sulfide) groups is 1. The number of halogens is 2. The Bertz CT molecular complexity index is 588. The average Bonchev–Trinajstić information content (AvgIpc) is 2.41. The van der Waals surface area contributed by atoms with E-state index in [1.807, 2.05) is 6.07 Å². The van der Waals surface area contributed by atoms with Gasteiger partial charge >= 0.3 is 0 Å². The molecule has 0 aliphatic rings. The van der Waals surface area contributed by atoms with E-state index in [9.17, 15) is 4.39 Å². The van der Waals surface area contributed by atoms with Gasteiger partial charge in [-0.1, -0.05) is 29.3 Å². The molecule has 0 heterocycles. The van der Waals surface area contributed by atoms with Gasteiger partial charge in [0.2, 0.25) is 0 Å². The molecule has 1 unspecified atom stereocenters. The van der Waals surface area contributed by atoms with Gasteiger partial charge in [0.1, 0.15) is 5.82 Å². The Labute approximate surface area is 128 Å². The Morgan fingerprint density at radius 3 is 2.80 bits per heavy atom. The number of benzene rings is 2. The van der Waals surface area contributed by atoms with Crippen LogP contribution in [0.2, 0.25) is 5.02 Å². The van der Waals surface area contributed by atoms with Crippen LogP contribution in [0.15, 0.2) is 47.4 Å². The van der Waals surface area contributed by atoms with Crippen molar-refractivity contribution in [1.82, 2.24) is 0 Å². The van der Waals surface area contributed by atoms with E-state index in [1.54, 1.807) is 23.9 Å². The highest BCUT2D eigenvalue weighted by Gasteiger charge is 2.09. The minimum absolute atomic E-state index is 0.103. The SMILES string of the molecule is Cc1cccc(SCC(N)Cc2cc(Cl)ccc2F)c1. The molecule has 2 aromatic carbocycles. The van der Waals surface area contributed by atoms with E-state index in [1.165, 1.54) is 16.5 Å². The van der Waals surface area contributed by atoms with E-state index in [4.69, 9.17) is 17.3 Å². The standard InChI is InChI=1S/C16H17ClFNS/c1-11-3-2-4-15(7-11)20-10-14(19)9-12-8-13(17)5-6-16(12)18/h2-8,14H,9-10,19H2,1H3. The first kappa shape index (κ1) is 15.4. The van der Waals surface area contributed by atoms with E-state index in [-0.39, 0.29) is 11.9 Å². The molecular formula is C16H17ClFNS. The molecule has 0 aliphatic carbocycles. The fourth-order valence-electron chi connectivity index (χ4n) is 1.95. The minimum Gasteiger partial charge on any atom is -0.327 e. The third-order valence-electron chi connectivity index (χ3n) is 2.94. The molecule has 0 saturated carbocycles. The lowest BCUT2D eigenvalue weighted by Gasteiger charge is -2.12. The zero-order valence-electron chi connectivity index (χ0n) is 11.3. The van der Waals surface area contributed by atoms with Crippen molar-refractivity contribution < 1.29 is 4.39 Å². The van der Waals surface area contributed by atoms with Gasteiger partial charge in [0.25, 0.3) is 0 Å². The van der Waals surface area contributed by atoms with Crippen LogP contribution in [0.5, 0.6) is 0 Å². The van der Waals surface area contributed by atoms with Crippen LogP contribution in [0.4, 0.5) is 4.39 Å². The Hall–Kier alpha value is -1.03. The summed E-state index contributed by atoms with van der Waals surface area (Å²) < 4.78 is 13.6. The molecule has 2 rings (SSSR count). The maximum absolute atomic E-state index is 13.6. The molecular weight excluding hydrogens is 293 g/mol. The summed E-state index contributed by atoms with van der Waals surface area (Å²) in [5.41, 5.74) is 7.88. The highest BCUT2D eigenvalue weighted by Crippen LogP contribution is 2.21. The van der Waals surface area contributed by atoms with Crippen LogP contribution < -0.4 is 5.73 Å². The summed E-state index contributed by atoms with van der Waals surface area (Å²) in [5.74, 6) is 0.500. The normalized spacial score (nSPS) is 12.4. The molecule has 0 saturated heterocycles. The van der Waals surface area contributed by atoms with Gasteiger partial charge in [-0.25, -0.2) is 4.39 Å². The molecule has 0 radical (unpaired) electrons. The molecule has 4 heteroatoms. The second-order valence-corrected chi connectivity index (χ2v) is 6.36. The summed E-state index contributed by atoms with van der Waals surface area (Å²) in [6, 6.07) is 12.8. The third-order valence-corrected chi connectivity index (χ3v) is 4.36. The number of hydrogen-bond donors (Lipinski definition) is 1. The van der Waals surface area contributed by atoms with Crippen molar-refractivity contribution in [1.29, 1.82) is 0 Å². The zero-order valence-corrected chi connectivity index (χ0v) is 12.8. The maximum atomic E-state index is 13.6. The Morgan fingerprint density at radius 2 is 2.05 bits per heavy atom. The van der Waals surface area contributed by atoms with Crippen LogP contribution in [0, 0.1) is 12.7 Å². The average molecular weight is 310 g/mol. The van der Waals surface area contributed by atoms with Gasteiger partial charge in [-0.15, -0.1) is 11.8 Å². The first-order valence-electron chi connectivity index (χ1n) is 6.43. The number of rotatable bonds is 5. The lowest BCUT2D eigenvalue weighted by Crippen LogP contribution is -2.26. The van der Waals surface area contributed by atoms with Crippen molar-refractivity contribution in [3.63, 3.8) is 0 Å². The van der Waals surface area contributed by atoms with Gasteiger partial charge < -0.3 is 5.73 Å². The second-order valence-electron chi connectivity index (χ2n) is 4.83. The summed E-state index contributed by atoms with van der Waals surface area (Å²) in [5, 5.41) is 0.542. The van der Waals surface area contributed by atoms with Crippen molar-refractivity contribution in [3.8, 4) is 0 Å². The highest BCUT2D eigenvalue weighted by atomic mass is 35.5. The van der Waals surface area contributed by atoms with Crippen molar-refractivity contribution in [3.05, 3.63) is 64.4 Å². The first-order chi connectivity index (χ1) is 9.54. The minimum atomic E-state index is -0.245. The number of nitrogens with two attached hydrogens (primary N) is 1. The molecule has 0 aliphatic heterocycles. The predicted octanol–water partition coefficient (Wildman–Crippen LogP) is 4.45. The van der Waals surface area contributed by atoms with Crippen molar-refractivity contribution >= 4 is 23.4 Å². The molecule has 2 aromatic rings. The first-order valence-corrected chi connectivity index (χ1v) is 7.80. The van der Waals surface area contributed by atoms with E-state index in [0.717, 1.165) is 5.75 Å². The van der Waals surface area contributed by atoms with Crippen LogP contribution in [0.3, 0.4) is 0 Å². The fraction of sp³-hybridized carbons (Fsp3) is 0.250. The number of aryl methyl sites for hydroxylation is 1. The molecule has 0 fully saturated rings. The molecule has 0 bridgehead atoms. The van der Waals surface area contributed by atoms with Gasteiger partial charge in [0, 0.05) is 21.7 Å². The van der Waals surface area contributed by atoms with Gasteiger partial charge in [0.15, 0.2) is 0 Å². The molecule has 2 N–H and O–H groups in total. The van der Waals surface area contributed by atoms with Gasteiger partial charge in [0.05, 0.1) is 0 Å². The molecule has 0 aromatic heterocycles. The highest BCUT2D eigenvalue weighted by molar-refractivity contribution is 7.99. The van der Waals surface area contributed by atoms with Crippen LogP contribution in [0.1, 0.15) is 11.1 Å². The third kappa shape index (κ3) is 4.51. The number of hydrogen-bond acceptors (Lipinski definition) is 2. The van der Waals surface area contributed by atoms with Gasteiger partial charge in [-0.3, -0.25) is 0 Å². The lowest BCUT2D eigenvalue weighted by atomic mass is 10.1. The van der Waals surface area contributed by atoms with E-state index in [0.29, 0.717) is 17.0 Å². The fourth-order valence-corrected chi connectivity index (χ4v) is 3.11. The van der Waals surface area contributed by atoms with E-state index >= 15 is 0 Å². The van der Waals surface area contributed by atoms with Gasteiger partial charge in [-0.05, 0) is 49.2 Å². The van der Waals surface area contributed by atoms with Crippen molar-refractivity contribution in [2.75, 3.05) is 5.75 Å². The largest absolute Gasteiger partial charge is 0.327 e. The molecule has 0 spiro atoms. The summed E-state index contributed by atoms with van der Waals surface area (Å²) in [4.78, 5) is 1.19. The summed E-state index contributed by atoms with van der Waals surface area (Å²) in [6.07, 6.45) is 0.491. The van der Waals surface area contributed by atoms with Crippen LogP contribution >= 0.6 is 23.4 Å². The second kappa shape index (κ2) is 7.11. The van der Waals surface area contributed by atoms with E-state index < -0.39 is 0 Å².